The van der Waals surface area contributed by atoms with Crippen molar-refractivity contribution in [1.82, 2.24) is 5.32 Å². The number of nitrogens with one attached hydrogen (secondary N) is 1. The van der Waals surface area contributed by atoms with Crippen LogP contribution in [0, 0.1) is 5.41 Å². The lowest BCUT2D eigenvalue weighted by atomic mass is 10.0. The Morgan fingerprint density at radius 2 is 2.10 bits per heavy atom. The molecule has 1 aromatic rings. The van der Waals surface area contributed by atoms with E-state index in [2.05, 4.69) is 12.2 Å². The molecule has 112 valence electrons. The Labute approximate surface area is 121 Å². The molecule has 0 saturated heterocycles. The van der Waals surface area contributed by atoms with Gasteiger partial charge in [-0.3, -0.25) is 0 Å². The summed E-state index contributed by atoms with van der Waals surface area (Å²) in [5, 5.41) is 13.5. The molecule has 20 heavy (non-hydrogen) atoms. The molecule has 0 amide bonds. The number of ether oxygens (including phenoxy) is 2. The van der Waals surface area contributed by atoms with Crippen LogP contribution < -0.4 is 10.1 Å². The SMILES string of the molecule is COCCC1(CNC(C)c2cc(OC)ccc2O)CC1. The molecule has 1 fully saturated rings. The maximum Gasteiger partial charge on any atom is 0.120 e. The van der Waals surface area contributed by atoms with E-state index in [1.807, 2.05) is 6.07 Å². The summed E-state index contributed by atoms with van der Waals surface area (Å²) in [5.41, 5.74) is 1.28. The lowest BCUT2D eigenvalue weighted by molar-refractivity contribution is 0.170. The smallest absolute Gasteiger partial charge is 0.120 e. The first-order chi connectivity index (χ1) is 9.60. The monoisotopic (exact) mass is 279 g/mol. The molecular weight excluding hydrogens is 254 g/mol. The fourth-order valence-electron chi connectivity index (χ4n) is 2.50. The summed E-state index contributed by atoms with van der Waals surface area (Å²) in [6, 6.07) is 5.45. The quantitative estimate of drug-likeness (QED) is 0.768. The van der Waals surface area contributed by atoms with Crippen molar-refractivity contribution >= 4 is 0 Å². The number of phenols is 1. The molecular formula is C16H25NO3. The Balaban J connectivity index is 1.93. The molecule has 0 radical (unpaired) electrons. The van der Waals surface area contributed by atoms with Crippen molar-refractivity contribution in [3.63, 3.8) is 0 Å². The largest absolute Gasteiger partial charge is 0.508 e. The standard InChI is InChI=1S/C16H25NO3/c1-12(14-10-13(20-3)4-5-15(14)18)17-11-16(6-7-16)8-9-19-2/h4-5,10,12,17-18H,6-9,11H2,1-3H3. The summed E-state index contributed by atoms with van der Waals surface area (Å²) in [7, 11) is 3.39. The Bertz CT molecular complexity index is 443. The molecule has 0 bridgehead atoms. The van der Waals surface area contributed by atoms with Gasteiger partial charge < -0.3 is 19.9 Å². The van der Waals surface area contributed by atoms with Gasteiger partial charge in [0.05, 0.1) is 7.11 Å². The van der Waals surface area contributed by atoms with Crippen LogP contribution in [0.3, 0.4) is 0 Å². The Morgan fingerprint density at radius 1 is 1.35 bits per heavy atom. The van der Waals surface area contributed by atoms with E-state index in [0.29, 0.717) is 11.2 Å². The number of hydrogen-bond acceptors (Lipinski definition) is 4. The van der Waals surface area contributed by atoms with Gasteiger partial charge in [0.1, 0.15) is 11.5 Å². The average Bonchev–Trinajstić information content (AvgIpc) is 3.24. The number of phenolic OH excluding ortho intramolecular Hbond substituents is 1. The van der Waals surface area contributed by atoms with Crippen molar-refractivity contribution < 1.29 is 14.6 Å². The highest BCUT2D eigenvalue weighted by atomic mass is 16.5. The molecule has 2 rings (SSSR count). The van der Waals surface area contributed by atoms with Crippen LogP contribution >= 0.6 is 0 Å². The fraction of sp³-hybridized carbons (Fsp3) is 0.625. The maximum atomic E-state index is 9.97. The molecule has 1 aromatic carbocycles. The molecule has 0 heterocycles. The fourth-order valence-corrected chi connectivity index (χ4v) is 2.50. The van der Waals surface area contributed by atoms with Gasteiger partial charge in [0, 0.05) is 31.9 Å². The highest BCUT2D eigenvalue weighted by molar-refractivity contribution is 5.41. The molecule has 1 aliphatic carbocycles. The Hall–Kier alpha value is -1.26. The highest BCUT2D eigenvalue weighted by Gasteiger charge is 2.41. The van der Waals surface area contributed by atoms with Gasteiger partial charge in [-0.2, -0.15) is 0 Å². The average molecular weight is 279 g/mol. The van der Waals surface area contributed by atoms with Crippen LogP contribution in [0.25, 0.3) is 0 Å². The zero-order valence-corrected chi connectivity index (χ0v) is 12.6. The highest BCUT2D eigenvalue weighted by Crippen LogP contribution is 2.48. The molecule has 1 saturated carbocycles. The third-order valence-electron chi connectivity index (χ3n) is 4.28. The molecule has 0 aliphatic heterocycles. The summed E-state index contributed by atoms with van der Waals surface area (Å²) in [6.07, 6.45) is 3.63. The normalized spacial score (nSPS) is 17.8. The summed E-state index contributed by atoms with van der Waals surface area (Å²) < 4.78 is 10.4. The summed E-state index contributed by atoms with van der Waals surface area (Å²) >= 11 is 0. The zero-order chi connectivity index (χ0) is 14.6. The lowest BCUT2D eigenvalue weighted by Crippen LogP contribution is -2.27. The van der Waals surface area contributed by atoms with Crippen LogP contribution in [0.1, 0.15) is 37.8 Å². The molecule has 0 spiro atoms. The van der Waals surface area contributed by atoms with Crippen molar-refractivity contribution in [2.75, 3.05) is 27.4 Å². The van der Waals surface area contributed by atoms with Crippen LogP contribution in [0.15, 0.2) is 18.2 Å². The van der Waals surface area contributed by atoms with Gasteiger partial charge in [-0.1, -0.05) is 0 Å². The second-order valence-electron chi connectivity index (χ2n) is 5.77. The number of methoxy groups -OCH3 is 2. The Kier molecular flexibility index (Phi) is 4.89. The number of benzene rings is 1. The van der Waals surface area contributed by atoms with E-state index in [-0.39, 0.29) is 6.04 Å². The summed E-state index contributed by atoms with van der Waals surface area (Å²) in [5.74, 6) is 1.08. The van der Waals surface area contributed by atoms with E-state index in [0.717, 1.165) is 30.9 Å². The molecule has 4 nitrogen and oxygen atoms in total. The summed E-state index contributed by atoms with van der Waals surface area (Å²) in [6.45, 7) is 3.86. The third kappa shape index (κ3) is 3.64. The lowest BCUT2D eigenvalue weighted by Gasteiger charge is -2.21. The predicted molar refractivity (Wildman–Crippen MR) is 79.2 cm³/mol. The maximum absolute atomic E-state index is 9.97. The van der Waals surface area contributed by atoms with E-state index >= 15 is 0 Å². The number of hydrogen-bond donors (Lipinski definition) is 2. The minimum atomic E-state index is 0.102. The van der Waals surface area contributed by atoms with Crippen molar-refractivity contribution in [3.8, 4) is 11.5 Å². The first kappa shape index (κ1) is 15.1. The third-order valence-corrected chi connectivity index (χ3v) is 4.28. The van der Waals surface area contributed by atoms with E-state index in [1.54, 1.807) is 26.4 Å². The van der Waals surface area contributed by atoms with E-state index in [1.165, 1.54) is 12.8 Å². The van der Waals surface area contributed by atoms with Gasteiger partial charge in [0.25, 0.3) is 0 Å². The molecule has 1 atom stereocenters. The van der Waals surface area contributed by atoms with E-state index in [4.69, 9.17) is 9.47 Å². The van der Waals surface area contributed by atoms with Crippen LogP contribution in [0.5, 0.6) is 11.5 Å². The van der Waals surface area contributed by atoms with Crippen LogP contribution in [0.4, 0.5) is 0 Å². The zero-order valence-electron chi connectivity index (χ0n) is 12.6. The molecule has 4 heteroatoms. The van der Waals surface area contributed by atoms with Gasteiger partial charge in [-0.15, -0.1) is 0 Å². The topological polar surface area (TPSA) is 50.7 Å². The minimum absolute atomic E-state index is 0.102. The first-order valence-electron chi connectivity index (χ1n) is 7.19. The first-order valence-corrected chi connectivity index (χ1v) is 7.19. The second-order valence-corrected chi connectivity index (χ2v) is 5.77. The van der Waals surface area contributed by atoms with Crippen LogP contribution in [-0.2, 0) is 4.74 Å². The summed E-state index contributed by atoms with van der Waals surface area (Å²) in [4.78, 5) is 0. The van der Waals surface area contributed by atoms with Crippen molar-refractivity contribution in [1.29, 1.82) is 0 Å². The van der Waals surface area contributed by atoms with Gasteiger partial charge in [-0.05, 0) is 49.8 Å². The van der Waals surface area contributed by atoms with Gasteiger partial charge in [0.15, 0.2) is 0 Å². The number of aromatic hydroxyl groups is 1. The van der Waals surface area contributed by atoms with Crippen LogP contribution in [-0.4, -0.2) is 32.5 Å². The van der Waals surface area contributed by atoms with E-state index in [9.17, 15) is 5.11 Å². The van der Waals surface area contributed by atoms with Gasteiger partial charge >= 0.3 is 0 Å². The van der Waals surface area contributed by atoms with E-state index < -0.39 is 0 Å². The molecule has 1 unspecified atom stereocenters. The Morgan fingerprint density at radius 3 is 2.70 bits per heavy atom. The van der Waals surface area contributed by atoms with Crippen molar-refractivity contribution in [2.24, 2.45) is 5.41 Å². The molecule has 0 aromatic heterocycles. The van der Waals surface area contributed by atoms with Crippen molar-refractivity contribution in [2.45, 2.75) is 32.2 Å². The molecule has 1 aliphatic rings. The van der Waals surface area contributed by atoms with Gasteiger partial charge in [-0.25, -0.2) is 0 Å². The second kappa shape index (κ2) is 6.46. The van der Waals surface area contributed by atoms with Crippen LogP contribution in [0.2, 0.25) is 0 Å². The van der Waals surface area contributed by atoms with Gasteiger partial charge in [0.2, 0.25) is 0 Å². The molecule has 2 N–H and O–H groups in total. The number of rotatable bonds is 8. The predicted octanol–water partition coefficient (Wildman–Crippen LogP) is 2.87. The minimum Gasteiger partial charge on any atom is -0.508 e. The van der Waals surface area contributed by atoms with Crippen molar-refractivity contribution in [3.05, 3.63) is 23.8 Å².